The molecule has 0 saturated carbocycles. The number of sulfone groups is 1. The number of rotatable bonds is 4. The smallest absolute Gasteiger partial charge is 0.175 e. The Hall–Kier alpha value is -1.63. The number of benzene rings is 2. The van der Waals surface area contributed by atoms with E-state index in [1.807, 2.05) is 24.3 Å². The first kappa shape index (κ1) is 16.2. The van der Waals surface area contributed by atoms with E-state index in [2.05, 4.69) is 9.97 Å². The zero-order chi connectivity index (χ0) is 16.4. The van der Waals surface area contributed by atoms with Crippen LogP contribution >= 0.6 is 23.4 Å². The number of hydrogen-bond acceptors (Lipinski definition) is 5. The summed E-state index contributed by atoms with van der Waals surface area (Å²) < 4.78 is 23.5. The van der Waals surface area contributed by atoms with Gasteiger partial charge in [0.1, 0.15) is 11.4 Å². The van der Waals surface area contributed by atoms with E-state index in [4.69, 9.17) is 11.6 Å². The monoisotopic (exact) mass is 364 g/mol. The van der Waals surface area contributed by atoms with Crippen molar-refractivity contribution in [1.29, 1.82) is 0 Å². The second kappa shape index (κ2) is 6.47. The Morgan fingerprint density at radius 1 is 1.09 bits per heavy atom. The molecule has 0 amide bonds. The van der Waals surface area contributed by atoms with Crippen molar-refractivity contribution in [3.8, 4) is 0 Å². The fourth-order valence-electron chi connectivity index (χ4n) is 2.09. The van der Waals surface area contributed by atoms with E-state index in [0.29, 0.717) is 10.8 Å². The van der Waals surface area contributed by atoms with Gasteiger partial charge >= 0.3 is 0 Å². The first-order chi connectivity index (χ1) is 10.9. The maximum absolute atomic E-state index is 11.7. The molecule has 1 heterocycles. The molecule has 0 spiro atoms. The van der Waals surface area contributed by atoms with E-state index in [1.165, 1.54) is 24.3 Å². The largest absolute Gasteiger partial charge is 0.236 e. The van der Waals surface area contributed by atoms with E-state index in [9.17, 15) is 8.42 Å². The van der Waals surface area contributed by atoms with Gasteiger partial charge in [-0.3, -0.25) is 0 Å². The molecule has 4 nitrogen and oxygen atoms in total. The topological polar surface area (TPSA) is 59.9 Å². The fourth-order valence-corrected chi connectivity index (χ4v) is 3.80. The molecule has 0 aliphatic carbocycles. The van der Waals surface area contributed by atoms with Gasteiger partial charge in [0.05, 0.1) is 10.4 Å². The Morgan fingerprint density at radius 3 is 2.52 bits per heavy atom. The van der Waals surface area contributed by atoms with Crippen molar-refractivity contribution in [3.05, 3.63) is 59.4 Å². The number of aromatic nitrogens is 2. The van der Waals surface area contributed by atoms with Crippen molar-refractivity contribution in [1.82, 2.24) is 9.97 Å². The van der Waals surface area contributed by atoms with Crippen LogP contribution in [0.15, 0.2) is 58.7 Å². The molecule has 0 radical (unpaired) electrons. The molecule has 3 rings (SSSR count). The van der Waals surface area contributed by atoms with Crippen LogP contribution < -0.4 is 0 Å². The van der Waals surface area contributed by atoms with Gasteiger partial charge in [-0.15, -0.1) is 11.8 Å². The van der Waals surface area contributed by atoms with Crippen LogP contribution in [0.3, 0.4) is 0 Å². The van der Waals surface area contributed by atoms with E-state index >= 15 is 0 Å². The van der Waals surface area contributed by atoms with Gasteiger partial charge in [-0.2, -0.15) is 0 Å². The molecule has 0 aliphatic rings. The molecule has 23 heavy (non-hydrogen) atoms. The van der Waals surface area contributed by atoms with E-state index in [1.54, 1.807) is 18.2 Å². The summed E-state index contributed by atoms with van der Waals surface area (Å²) in [6, 6.07) is 12.5. The lowest BCUT2D eigenvalue weighted by molar-refractivity contribution is 0.602. The highest BCUT2D eigenvalue weighted by atomic mass is 35.5. The van der Waals surface area contributed by atoms with Crippen molar-refractivity contribution < 1.29 is 8.42 Å². The third-order valence-electron chi connectivity index (χ3n) is 3.29. The number of halogens is 1. The quantitative estimate of drug-likeness (QED) is 0.517. The van der Waals surface area contributed by atoms with Crippen LogP contribution in [-0.4, -0.2) is 24.6 Å². The molecule has 0 bridgehead atoms. The number of thioether (sulfide) groups is 1. The zero-order valence-corrected chi connectivity index (χ0v) is 14.6. The third kappa shape index (κ3) is 3.83. The van der Waals surface area contributed by atoms with Crippen molar-refractivity contribution in [3.63, 3.8) is 0 Å². The van der Waals surface area contributed by atoms with Crippen LogP contribution in [0.5, 0.6) is 0 Å². The maximum Gasteiger partial charge on any atom is 0.175 e. The Balaban J connectivity index is 1.95. The summed E-state index contributed by atoms with van der Waals surface area (Å²) in [6.07, 6.45) is 2.69. The van der Waals surface area contributed by atoms with Crippen molar-refractivity contribution in [2.24, 2.45) is 0 Å². The number of fused-ring (bicyclic) bond motifs is 1. The first-order valence-corrected chi connectivity index (χ1v) is 10.0. The molecule has 1 aromatic heterocycles. The van der Waals surface area contributed by atoms with E-state index in [0.717, 1.165) is 21.5 Å². The minimum atomic E-state index is -3.26. The Morgan fingerprint density at radius 2 is 1.83 bits per heavy atom. The average molecular weight is 365 g/mol. The molecular weight excluding hydrogens is 352 g/mol. The minimum absolute atomic E-state index is 0.271. The van der Waals surface area contributed by atoms with E-state index < -0.39 is 9.84 Å². The molecule has 118 valence electrons. The molecule has 0 atom stereocenters. The zero-order valence-electron chi connectivity index (χ0n) is 12.2. The molecule has 0 aliphatic heterocycles. The van der Waals surface area contributed by atoms with Crippen molar-refractivity contribution >= 4 is 44.1 Å². The highest BCUT2D eigenvalue weighted by Crippen LogP contribution is 2.29. The minimum Gasteiger partial charge on any atom is -0.236 e. The predicted octanol–water partition coefficient (Wildman–Crippen LogP) is 3.98. The lowest BCUT2D eigenvalue weighted by atomic mass is 10.2. The summed E-state index contributed by atoms with van der Waals surface area (Å²) >= 11 is 7.42. The van der Waals surface area contributed by atoms with Crippen LogP contribution in [0, 0.1) is 0 Å². The molecule has 0 unspecified atom stereocenters. The summed E-state index contributed by atoms with van der Waals surface area (Å²) in [4.78, 5) is 8.76. The average Bonchev–Trinajstić information content (AvgIpc) is 2.53. The van der Waals surface area contributed by atoms with Crippen molar-refractivity contribution in [2.75, 3.05) is 6.26 Å². The maximum atomic E-state index is 11.7. The van der Waals surface area contributed by atoms with Gasteiger partial charge in [0.2, 0.25) is 0 Å². The summed E-state index contributed by atoms with van der Waals surface area (Å²) in [5.74, 6) is 0.715. The molecule has 3 aromatic rings. The van der Waals surface area contributed by atoms with Gasteiger partial charge in [0.15, 0.2) is 9.84 Å². The van der Waals surface area contributed by atoms with Gasteiger partial charge in [-0.05, 0) is 35.9 Å². The second-order valence-electron chi connectivity index (χ2n) is 5.05. The standard InChI is InChI=1S/C16H13ClN2O2S2/c1-23(20,21)13-6-7-15-14(8-13)16(19-10-18-15)22-9-11-2-4-12(17)5-3-11/h2-8,10H,9H2,1H3. The summed E-state index contributed by atoms with van der Waals surface area (Å²) in [5.41, 5.74) is 1.84. The van der Waals surface area contributed by atoms with Gasteiger partial charge in [0, 0.05) is 22.4 Å². The Bertz CT molecular complexity index is 957. The molecule has 0 fully saturated rings. The summed E-state index contributed by atoms with van der Waals surface area (Å²) in [7, 11) is -3.26. The van der Waals surface area contributed by atoms with Gasteiger partial charge in [-0.1, -0.05) is 23.7 Å². The van der Waals surface area contributed by atoms with Crippen LogP contribution in [0.4, 0.5) is 0 Å². The van der Waals surface area contributed by atoms with Crippen molar-refractivity contribution in [2.45, 2.75) is 15.7 Å². The molecule has 2 aromatic carbocycles. The molecule has 0 N–H and O–H groups in total. The number of hydrogen-bond donors (Lipinski definition) is 0. The first-order valence-electron chi connectivity index (χ1n) is 6.75. The Kier molecular flexibility index (Phi) is 4.57. The molecular formula is C16H13ClN2O2S2. The lowest BCUT2D eigenvalue weighted by Crippen LogP contribution is -1.97. The van der Waals surface area contributed by atoms with Crippen LogP contribution in [-0.2, 0) is 15.6 Å². The van der Waals surface area contributed by atoms with Gasteiger partial charge in [0.25, 0.3) is 0 Å². The SMILES string of the molecule is CS(=O)(=O)c1ccc2ncnc(SCc3ccc(Cl)cc3)c2c1. The van der Waals surface area contributed by atoms with Crippen LogP contribution in [0.2, 0.25) is 5.02 Å². The predicted molar refractivity (Wildman–Crippen MR) is 93.7 cm³/mol. The van der Waals surface area contributed by atoms with Crippen LogP contribution in [0.1, 0.15) is 5.56 Å². The third-order valence-corrected chi connectivity index (χ3v) is 5.73. The van der Waals surface area contributed by atoms with Crippen LogP contribution in [0.25, 0.3) is 10.9 Å². The highest BCUT2D eigenvalue weighted by Gasteiger charge is 2.11. The molecule has 7 heteroatoms. The van der Waals surface area contributed by atoms with E-state index in [-0.39, 0.29) is 4.90 Å². The normalized spacial score (nSPS) is 11.7. The fraction of sp³-hybridized carbons (Fsp3) is 0.125. The second-order valence-corrected chi connectivity index (χ2v) is 8.46. The van der Waals surface area contributed by atoms with Gasteiger partial charge in [-0.25, -0.2) is 18.4 Å². The molecule has 0 saturated heterocycles. The lowest BCUT2D eigenvalue weighted by Gasteiger charge is -2.07. The number of nitrogens with zero attached hydrogens (tertiary/aromatic N) is 2. The summed E-state index contributed by atoms with van der Waals surface area (Å²) in [6.45, 7) is 0. The highest BCUT2D eigenvalue weighted by molar-refractivity contribution is 7.98. The summed E-state index contributed by atoms with van der Waals surface area (Å²) in [5, 5.41) is 2.20. The van der Waals surface area contributed by atoms with Gasteiger partial charge < -0.3 is 0 Å². The Labute approximate surface area is 143 Å².